The molecule has 1 aromatic heterocycles. The summed E-state index contributed by atoms with van der Waals surface area (Å²) >= 11 is 0. The zero-order valence-corrected chi connectivity index (χ0v) is 13.0. The van der Waals surface area contributed by atoms with Gasteiger partial charge in [0.05, 0.1) is 0 Å². The molecule has 0 unspecified atom stereocenters. The van der Waals surface area contributed by atoms with Gasteiger partial charge in [-0.05, 0) is 49.1 Å². The lowest BCUT2D eigenvalue weighted by Crippen LogP contribution is -2.30. The number of carbonyl (C=O) groups excluding carboxylic acids is 1. The standard InChI is InChI=1S/C18H21N3O2/c19-18(23)16-10-11-17(22)21(20-16)12-13-6-8-15(9-7-13)14-4-2-1-3-5-14/h1-5,10-11,13,15H,6-9,12H2,(H2,19,23). The topological polar surface area (TPSA) is 78.0 Å². The highest BCUT2D eigenvalue weighted by Gasteiger charge is 2.23. The van der Waals surface area contributed by atoms with Gasteiger partial charge >= 0.3 is 0 Å². The summed E-state index contributed by atoms with van der Waals surface area (Å²) < 4.78 is 1.38. The van der Waals surface area contributed by atoms with Crippen LogP contribution in [0.2, 0.25) is 0 Å². The number of nitrogens with zero attached hydrogens (tertiary/aromatic N) is 2. The fourth-order valence-electron chi connectivity index (χ4n) is 3.36. The summed E-state index contributed by atoms with van der Waals surface area (Å²) in [5, 5.41) is 4.07. The van der Waals surface area contributed by atoms with Crippen LogP contribution in [0.5, 0.6) is 0 Å². The smallest absolute Gasteiger partial charge is 0.269 e. The molecule has 0 aliphatic heterocycles. The summed E-state index contributed by atoms with van der Waals surface area (Å²) in [6.07, 6.45) is 4.38. The number of carbonyl (C=O) groups is 1. The first-order chi connectivity index (χ1) is 11.1. The molecule has 23 heavy (non-hydrogen) atoms. The van der Waals surface area contributed by atoms with Crippen molar-refractivity contribution in [1.29, 1.82) is 0 Å². The summed E-state index contributed by atoms with van der Waals surface area (Å²) in [5.74, 6) is 0.420. The largest absolute Gasteiger partial charge is 0.364 e. The van der Waals surface area contributed by atoms with Gasteiger partial charge in [-0.2, -0.15) is 5.10 Å². The van der Waals surface area contributed by atoms with Gasteiger partial charge in [-0.1, -0.05) is 30.3 Å². The van der Waals surface area contributed by atoms with Crippen LogP contribution >= 0.6 is 0 Å². The number of primary amides is 1. The molecule has 0 bridgehead atoms. The molecule has 1 aliphatic carbocycles. The van der Waals surface area contributed by atoms with E-state index in [2.05, 4.69) is 29.4 Å². The maximum atomic E-state index is 11.9. The van der Waals surface area contributed by atoms with Crippen LogP contribution in [-0.4, -0.2) is 15.7 Å². The molecule has 3 rings (SSSR count). The van der Waals surface area contributed by atoms with Crippen LogP contribution in [0.25, 0.3) is 0 Å². The molecule has 5 nitrogen and oxygen atoms in total. The van der Waals surface area contributed by atoms with E-state index in [1.807, 2.05) is 6.07 Å². The zero-order valence-electron chi connectivity index (χ0n) is 13.0. The third kappa shape index (κ3) is 3.67. The van der Waals surface area contributed by atoms with Crippen LogP contribution in [-0.2, 0) is 6.54 Å². The zero-order chi connectivity index (χ0) is 16.2. The Balaban J connectivity index is 1.64. The van der Waals surface area contributed by atoms with Crippen molar-refractivity contribution in [2.75, 3.05) is 0 Å². The van der Waals surface area contributed by atoms with Crippen molar-refractivity contribution < 1.29 is 4.79 Å². The molecule has 1 aromatic carbocycles. The highest BCUT2D eigenvalue weighted by molar-refractivity contribution is 5.90. The van der Waals surface area contributed by atoms with Gasteiger partial charge in [0.1, 0.15) is 5.69 Å². The van der Waals surface area contributed by atoms with Gasteiger partial charge in [0.2, 0.25) is 0 Å². The van der Waals surface area contributed by atoms with Crippen LogP contribution in [0.3, 0.4) is 0 Å². The fourth-order valence-corrected chi connectivity index (χ4v) is 3.36. The summed E-state index contributed by atoms with van der Waals surface area (Å²) in [6.45, 7) is 0.557. The van der Waals surface area contributed by atoms with E-state index >= 15 is 0 Å². The number of nitrogens with two attached hydrogens (primary N) is 1. The minimum Gasteiger partial charge on any atom is -0.364 e. The molecule has 1 aliphatic rings. The third-order valence-corrected chi connectivity index (χ3v) is 4.67. The summed E-state index contributed by atoms with van der Waals surface area (Å²) in [7, 11) is 0. The molecule has 2 N–H and O–H groups in total. The number of amides is 1. The molecule has 120 valence electrons. The Bertz CT molecular complexity index is 731. The van der Waals surface area contributed by atoms with E-state index in [9.17, 15) is 9.59 Å². The van der Waals surface area contributed by atoms with Crippen molar-refractivity contribution in [3.05, 3.63) is 64.1 Å². The number of rotatable bonds is 4. The molecule has 0 radical (unpaired) electrons. The minimum atomic E-state index is -0.605. The second kappa shape index (κ2) is 6.77. The molecule has 1 heterocycles. The van der Waals surface area contributed by atoms with Gasteiger partial charge in [-0.15, -0.1) is 0 Å². The first-order valence-electron chi connectivity index (χ1n) is 8.06. The van der Waals surface area contributed by atoms with Crippen molar-refractivity contribution in [3.8, 4) is 0 Å². The van der Waals surface area contributed by atoms with Gasteiger partial charge in [0, 0.05) is 12.6 Å². The van der Waals surface area contributed by atoms with E-state index in [-0.39, 0.29) is 11.3 Å². The lowest BCUT2D eigenvalue weighted by atomic mass is 9.79. The minimum absolute atomic E-state index is 0.141. The van der Waals surface area contributed by atoms with Crippen LogP contribution in [0.4, 0.5) is 0 Å². The Morgan fingerprint density at radius 1 is 1.09 bits per heavy atom. The third-order valence-electron chi connectivity index (χ3n) is 4.67. The van der Waals surface area contributed by atoms with Crippen molar-refractivity contribution in [1.82, 2.24) is 9.78 Å². The van der Waals surface area contributed by atoms with E-state index in [0.717, 1.165) is 25.7 Å². The maximum absolute atomic E-state index is 11.9. The lowest BCUT2D eigenvalue weighted by molar-refractivity contribution is 0.0992. The van der Waals surface area contributed by atoms with Crippen LogP contribution in [0.1, 0.15) is 47.7 Å². The quantitative estimate of drug-likeness (QED) is 0.941. The molecular formula is C18H21N3O2. The maximum Gasteiger partial charge on any atom is 0.269 e. The van der Waals surface area contributed by atoms with Gasteiger partial charge in [0.25, 0.3) is 11.5 Å². The van der Waals surface area contributed by atoms with E-state index in [4.69, 9.17) is 5.73 Å². The Morgan fingerprint density at radius 3 is 2.43 bits per heavy atom. The Morgan fingerprint density at radius 2 is 1.78 bits per heavy atom. The van der Waals surface area contributed by atoms with Crippen molar-refractivity contribution >= 4 is 5.91 Å². The molecule has 0 spiro atoms. The van der Waals surface area contributed by atoms with Crippen molar-refractivity contribution in [2.24, 2.45) is 11.7 Å². The van der Waals surface area contributed by atoms with E-state index < -0.39 is 5.91 Å². The van der Waals surface area contributed by atoms with E-state index in [0.29, 0.717) is 18.4 Å². The number of benzene rings is 1. The van der Waals surface area contributed by atoms with Gasteiger partial charge < -0.3 is 5.73 Å². The second-order valence-corrected chi connectivity index (χ2v) is 6.23. The molecule has 0 atom stereocenters. The van der Waals surface area contributed by atoms with Gasteiger partial charge in [-0.25, -0.2) is 4.68 Å². The predicted octanol–water partition coefficient (Wildman–Crippen LogP) is 2.32. The molecule has 2 aromatic rings. The normalized spacial score (nSPS) is 21.0. The van der Waals surface area contributed by atoms with Gasteiger partial charge in [0.15, 0.2) is 0 Å². The van der Waals surface area contributed by atoms with Crippen LogP contribution in [0.15, 0.2) is 47.3 Å². The van der Waals surface area contributed by atoms with Gasteiger partial charge in [-0.3, -0.25) is 9.59 Å². The highest BCUT2D eigenvalue weighted by Crippen LogP contribution is 2.35. The molecule has 1 saturated carbocycles. The molecule has 1 amide bonds. The van der Waals surface area contributed by atoms with Crippen molar-refractivity contribution in [2.45, 2.75) is 38.1 Å². The first kappa shape index (κ1) is 15.5. The van der Waals surface area contributed by atoms with Crippen LogP contribution in [0, 0.1) is 5.92 Å². The molecule has 1 fully saturated rings. The highest BCUT2D eigenvalue weighted by atomic mass is 16.1. The Hall–Kier alpha value is -2.43. The van der Waals surface area contributed by atoms with E-state index in [1.54, 1.807) is 0 Å². The average Bonchev–Trinajstić information content (AvgIpc) is 2.58. The number of aromatic nitrogens is 2. The SMILES string of the molecule is NC(=O)c1ccc(=O)n(CC2CCC(c3ccccc3)CC2)n1. The lowest BCUT2D eigenvalue weighted by Gasteiger charge is -2.28. The predicted molar refractivity (Wildman–Crippen MR) is 88.2 cm³/mol. The Labute approximate surface area is 135 Å². The summed E-state index contributed by atoms with van der Waals surface area (Å²) in [4.78, 5) is 23.1. The van der Waals surface area contributed by atoms with Crippen molar-refractivity contribution in [3.63, 3.8) is 0 Å². The number of hydrogen-bond donors (Lipinski definition) is 1. The summed E-state index contributed by atoms with van der Waals surface area (Å²) in [5.41, 5.74) is 6.59. The Kier molecular flexibility index (Phi) is 4.55. The first-order valence-corrected chi connectivity index (χ1v) is 8.06. The average molecular weight is 311 g/mol. The van der Waals surface area contributed by atoms with Crippen LogP contribution < -0.4 is 11.3 Å². The number of hydrogen-bond acceptors (Lipinski definition) is 3. The molecular weight excluding hydrogens is 290 g/mol. The molecule has 0 saturated heterocycles. The second-order valence-electron chi connectivity index (χ2n) is 6.23. The monoisotopic (exact) mass is 311 g/mol. The molecule has 5 heteroatoms. The van der Waals surface area contributed by atoms with E-state index in [1.165, 1.54) is 22.4 Å². The summed E-state index contributed by atoms with van der Waals surface area (Å²) in [6, 6.07) is 13.3. The fraction of sp³-hybridized carbons (Fsp3) is 0.389.